The van der Waals surface area contributed by atoms with Crippen LogP contribution in [0.3, 0.4) is 0 Å². The van der Waals surface area contributed by atoms with Crippen molar-refractivity contribution in [2.24, 2.45) is 9.50 Å². The van der Waals surface area contributed by atoms with E-state index in [1.807, 2.05) is 24.3 Å². The fourth-order valence-corrected chi connectivity index (χ4v) is 1.00. The summed E-state index contributed by atoms with van der Waals surface area (Å²) in [5.74, 6) is 0. The zero-order valence-electron chi connectivity index (χ0n) is 5.15. The number of hydrogen-bond donors (Lipinski definition) is 1. The van der Waals surface area contributed by atoms with Gasteiger partial charge in [-0.1, -0.05) is 0 Å². The van der Waals surface area contributed by atoms with Gasteiger partial charge >= 0.3 is 0 Å². The lowest BCUT2D eigenvalue weighted by Crippen LogP contribution is -1.76. The van der Waals surface area contributed by atoms with Crippen LogP contribution in [-0.2, 0) is 12.4 Å². The molecule has 1 rings (SSSR count). The maximum atomic E-state index is 5.30. The second-order valence-corrected chi connectivity index (χ2v) is 2.59. The standard InChI is InChI=1S/C6H6N2S2/c7-10-6-3-1-5(8-9)2-4-6/h1-4H,7H2. The number of nitrogens with zero attached hydrogens (tertiary/aromatic N) is 1. The lowest BCUT2D eigenvalue weighted by atomic mass is 10.3. The quantitative estimate of drug-likeness (QED) is 0.690. The van der Waals surface area contributed by atoms with Gasteiger partial charge in [-0.3, -0.25) is 5.14 Å². The molecule has 0 amide bonds. The van der Waals surface area contributed by atoms with Crippen molar-refractivity contribution in [3.63, 3.8) is 0 Å². The Morgan fingerprint density at radius 3 is 2.30 bits per heavy atom. The molecule has 0 heterocycles. The van der Waals surface area contributed by atoms with Crippen molar-refractivity contribution in [2.45, 2.75) is 4.90 Å². The average molecular weight is 170 g/mol. The predicted molar refractivity (Wildman–Crippen MR) is 45.9 cm³/mol. The average Bonchev–Trinajstić information content (AvgIpc) is 2.05. The Balaban J connectivity index is 2.90. The summed E-state index contributed by atoms with van der Waals surface area (Å²) in [5.41, 5.74) is 0.799. The number of hydrogen-bond acceptors (Lipinski definition) is 4. The highest BCUT2D eigenvalue weighted by atomic mass is 32.2. The van der Waals surface area contributed by atoms with Crippen LogP contribution in [0.5, 0.6) is 0 Å². The van der Waals surface area contributed by atoms with Crippen LogP contribution in [0.25, 0.3) is 0 Å². The molecule has 10 heavy (non-hydrogen) atoms. The molecule has 52 valence electrons. The van der Waals surface area contributed by atoms with Gasteiger partial charge in [0.25, 0.3) is 0 Å². The molecule has 0 saturated carbocycles. The van der Waals surface area contributed by atoms with Gasteiger partial charge in [0.05, 0.1) is 5.69 Å². The molecule has 0 unspecified atom stereocenters. The Bertz CT molecular complexity index is 220. The number of benzene rings is 1. The summed E-state index contributed by atoms with van der Waals surface area (Å²) in [6.07, 6.45) is 0. The second-order valence-electron chi connectivity index (χ2n) is 1.70. The Morgan fingerprint density at radius 2 is 1.90 bits per heavy atom. The molecule has 2 N–H and O–H groups in total. The van der Waals surface area contributed by atoms with Gasteiger partial charge in [0, 0.05) is 17.3 Å². The van der Waals surface area contributed by atoms with E-state index in [1.165, 1.54) is 11.9 Å². The first-order valence-electron chi connectivity index (χ1n) is 2.67. The van der Waals surface area contributed by atoms with Crippen LogP contribution in [0.1, 0.15) is 0 Å². The monoisotopic (exact) mass is 170 g/mol. The fourth-order valence-electron chi connectivity index (χ4n) is 0.586. The molecular formula is C6H6N2S2. The molecule has 0 aliphatic carbocycles. The summed E-state index contributed by atoms with van der Waals surface area (Å²) in [6, 6.07) is 7.44. The smallest absolute Gasteiger partial charge is 0.0770 e. The van der Waals surface area contributed by atoms with Crippen LogP contribution >= 0.6 is 11.9 Å². The van der Waals surface area contributed by atoms with E-state index in [1.54, 1.807) is 0 Å². The Morgan fingerprint density at radius 1 is 1.30 bits per heavy atom. The first-order valence-corrected chi connectivity index (χ1v) is 3.91. The van der Waals surface area contributed by atoms with E-state index >= 15 is 0 Å². The van der Waals surface area contributed by atoms with Crippen molar-refractivity contribution >= 4 is 30.1 Å². The van der Waals surface area contributed by atoms with E-state index in [4.69, 9.17) is 5.14 Å². The minimum absolute atomic E-state index is 0.799. The Labute approximate surface area is 69.1 Å². The predicted octanol–water partition coefficient (Wildman–Crippen LogP) is 2.01. The summed E-state index contributed by atoms with van der Waals surface area (Å²) in [5, 5.41) is 5.30. The Kier molecular flexibility index (Phi) is 2.80. The molecule has 0 aliphatic heterocycles. The zero-order chi connectivity index (χ0) is 7.40. The van der Waals surface area contributed by atoms with Crippen LogP contribution in [0.4, 0.5) is 5.69 Å². The third kappa shape index (κ3) is 1.76. The first-order chi connectivity index (χ1) is 4.86. The molecule has 0 aromatic heterocycles. The molecule has 1 aromatic rings. The van der Waals surface area contributed by atoms with Crippen LogP contribution in [-0.4, -0.2) is 0 Å². The van der Waals surface area contributed by atoms with Gasteiger partial charge in [-0.2, -0.15) is 4.36 Å². The van der Waals surface area contributed by atoms with Gasteiger partial charge in [-0.15, -0.1) is 0 Å². The van der Waals surface area contributed by atoms with E-state index in [-0.39, 0.29) is 0 Å². The third-order valence-corrected chi connectivity index (χ3v) is 1.83. The molecule has 2 nitrogen and oxygen atoms in total. The van der Waals surface area contributed by atoms with E-state index in [0.29, 0.717) is 0 Å². The summed E-state index contributed by atoms with van der Waals surface area (Å²) in [7, 11) is 0. The van der Waals surface area contributed by atoms with Crippen LogP contribution < -0.4 is 5.14 Å². The van der Waals surface area contributed by atoms with E-state index in [2.05, 4.69) is 16.8 Å². The summed E-state index contributed by atoms with van der Waals surface area (Å²) >= 11 is 5.70. The van der Waals surface area contributed by atoms with Crippen LogP contribution in [0.2, 0.25) is 0 Å². The highest BCUT2D eigenvalue weighted by molar-refractivity contribution is 7.97. The van der Waals surface area contributed by atoms with Crippen molar-refractivity contribution in [3.05, 3.63) is 24.3 Å². The maximum Gasteiger partial charge on any atom is 0.0770 e. The molecule has 1 aromatic carbocycles. The van der Waals surface area contributed by atoms with Crippen LogP contribution in [0.15, 0.2) is 33.5 Å². The largest absolute Gasteiger partial charge is 0.274 e. The van der Waals surface area contributed by atoms with Crippen molar-refractivity contribution in [1.29, 1.82) is 0 Å². The second kappa shape index (κ2) is 3.65. The third-order valence-electron chi connectivity index (χ3n) is 1.08. The van der Waals surface area contributed by atoms with Crippen molar-refractivity contribution in [1.82, 2.24) is 0 Å². The molecule has 4 heteroatoms. The molecular weight excluding hydrogens is 164 g/mol. The van der Waals surface area contributed by atoms with Gasteiger partial charge in [0.15, 0.2) is 0 Å². The highest BCUT2D eigenvalue weighted by Crippen LogP contribution is 2.16. The highest BCUT2D eigenvalue weighted by Gasteiger charge is 1.89. The SMILES string of the molecule is NSc1ccc(N=S)cc1. The van der Waals surface area contributed by atoms with Gasteiger partial charge in [-0.05, 0) is 36.2 Å². The number of nitrogens with two attached hydrogens (primary N) is 1. The molecule has 0 fully saturated rings. The maximum absolute atomic E-state index is 5.30. The lowest BCUT2D eigenvalue weighted by molar-refractivity contribution is 1.43. The lowest BCUT2D eigenvalue weighted by Gasteiger charge is -1.93. The molecule has 0 spiro atoms. The minimum atomic E-state index is 0.799. The van der Waals surface area contributed by atoms with Gasteiger partial charge in [0.2, 0.25) is 0 Å². The molecule has 0 atom stereocenters. The van der Waals surface area contributed by atoms with Gasteiger partial charge in [0.1, 0.15) is 0 Å². The molecule has 0 aliphatic rings. The van der Waals surface area contributed by atoms with E-state index in [9.17, 15) is 0 Å². The topological polar surface area (TPSA) is 38.4 Å². The van der Waals surface area contributed by atoms with Crippen molar-refractivity contribution in [3.8, 4) is 0 Å². The van der Waals surface area contributed by atoms with E-state index in [0.717, 1.165) is 10.6 Å². The van der Waals surface area contributed by atoms with Gasteiger partial charge in [-0.25, -0.2) is 0 Å². The van der Waals surface area contributed by atoms with Gasteiger partial charge < -0.3 is 0 Å². The first kappa shape index (κ1) is 7.65. The molecule has 0 radical (unpaired) electrons. The number of rotatable bonds is 2. The summed E-state index contributed by atoms with van der Waals surface area (Å²) < 4.78 is 3.58. The normalized spacial score (nSPS) is 9.30. The summed E-state index contributed by atoms with van der Waals surface area (Å²) in [6.45, 7) is 0. The Hall–Kier alpha value is -0.450. The van der Waals surface area contributed by atoms with E-state index < -0.39 is 0 Å². The zero-order valence-corrected chi connectivity index (χ0v) is 6.78. The fraction of sp³-hybridized carbons (Fsp3) is 0. The molecule has 0 bridgehead atoms. The van der Waals surface area contributed by atoms with Crippen molar-refractivity contribution < 1.29 is 0 Å². The van der Waals surface area contributed by atoms with Crippen molar-refractivity contribution in [2.75, 3.05) is 0 Å². The summed E-state index contributed by atoms with van der Waals surface area (Å²) in [4.78, 5) is 1.02. The molecule has 0 saturated heterocycles. The minimum Gasteiger partial charge on any atom is -0.274 e. The van der Waals surface area contributed by atoms with Crippen LogP contribution in [0, 0.1) is 0 Å².